The van der Waals surface area contributed by atoms with E-state index in [1.54, 1.807) is 18.2 Å². The topological polar surface area (TPSA) is 96.9 Å². The fourth-order valence-electron chi connectivity index (χ4n) is 1.69. The molecule has 0 fully saturated rings. The number of methoxy groups -OCH3 is 1. The zero-order chi connectivity index (χ0) is 15.1. The van der Waals surface area contributed by atoms with Crippen LogP contribution in [0.3, 0.4) is 0 Å². The van der Waals surface area contributed by atoms with Gasteiger partial charge in [-0.2, -0.15) is 0 Å². The molecule has 20 heavy (non-hydrogen) atoms. The van der Waals surface area contributed by atoms with E-state index in [-0.39, 0.29) is 11.7 Å². The molecule has 1 atom stereocenters. The molecule has 0 bridgehead atoms. The Bertz CT molecular complexity index is 506. The number of hydrogen-bond donors (Lipinski definition) is 3. The van der Waals surface area contributed by atoms with Crippen LogP contribution < -0.4 is 15.8 Å². The SMILES string of the molecule is CCCC(NC(=O)c1cc(OC)ccc1Br)/C(N)=N/O. The molecule has 1 aromatic carbocycles. The largest absolute Gasteiger partial charge is 0.497 e. The number of hydrogen-bond acceptors (Lipinski definition) is 4. The minimum Gasteiger partial charge on any atom is -0.497 e. The second-order valence-corrected chi connectivity index (χ2v) is 5.04. The van der Waals surface area contributed by atoms with Gasteiger partial charge in [0.2, 0.25) is 0 Å². The predicted octanol–water partition coefficient (Wildman–Crippen LogP) is 2.10. The number of carbonyl (C=O) groups is 1. The zero-order valence-corrected chi connectivity index (χ0v) is 13.0. The lowest BCUT2D eigenvalue weighted by Crippen LogP contribution is -2.44. The minimum absolute atomic E-state index is 0.0146. The molecule has 6 nitrogen and oxygen atoms in total. The molecule has 0 aliphatic carbocycles. The Hall–Kier alpha value is -1.76. The number of ether oxygens (including phenoxy) is 1. The van der Waals surface area contributed by atoms with Gasteiger partial charge < -0.3 is 21.0 Å². The molecule has 1 amide bonds. The number of rotatable bonds is 6. The van der Waals surface area contributed by atoms with Crippen molar-refractivity contribution in [3.8, 4) is 5.75 Å². The highest BCUT2D eigenvalue weighted by Crippen LogP contribution is 2.22. The molecule has 110 valence electrons. The van der Waals surface area contributed by atoms with E-state index in [2.05, 4.69) is 26.4 Å². The van der Waals surface area contributed by atoms with Crippen LogP contribution in [-0.4, -0.2) is 30.1 Å². The number of amides is 1. The Morgan fingerprint density at radius 2 is 2.30 bits per heavy atom. The van der Waals surface area contributed by atoms with E-state index in [9.17, 15) is 4.79 Å². The van der Waals surface area contributed by atoms with Crippen LogP contribution in [0.5, 0.6) is 5.75 Å². The Labute approximate surface area is 126 Å². The summed E-state index contributed by atoms with van der Waals surface area (Å²) in [4.78, 5) is 12.3. The first-order valence-corrected chi connectivity index (χ1v) is 6.94. The maximum atomic E-state index is 12.3. The highest BCUT2D eigenvalue weighted by atomic mass is 79.9. The molecule has 0 aromatic heterocycles. The van der Waals surface area contributed by atoms with Gasteiger partial charge in [-0.1, -0.05) is 18.5 Å². The first-order valence-electron chi connectivity index (χ1n) is 6.15. The van der Waals surface area contributed by atoms with E-state index in [4.69, 9.17) is 15.7 Å². The van der Waals surface area contributed by atoms with Gasteiger partial charge >= 0.3 is 0 Å². The molecule has 1 aromatic rings. The summed E-state index contributed by atoms with van der Waals surface area (Å²) in [6.07, 6.45) is 1.38. The van der Waals surface area contributed by atoms with Crippen molar-refractivity contribution in [1.82, 2.24) is 5.32 Å². The van der Waals surface area contributed by atoms with E-state index < -0.39 is 6.04 Å². The maximum Gasteiger partial charge on any atom is 0.253 e. The van der Waals surface area contributed by atoms with Crippen LogP contribution in [0.25, 0.3) is 0 Å². The van der Waals surface area contributed by atoms with Gasteiger partial charge in [-0.05, 0) is 40.5 Å². The molecule has 1 rings (SSSR count). The smallest absolute Gasteiger partial charge is 0.253 e. The monoisotopic (exact) mass is 343 g/mol. The third kappa shape index (κ3) is 4.12. The molecule has 7 heteroatoms. The predicted molar refractivity (Wildman–Crippen MR) is 80.3 cm³/mol. The third-order valence-electron chi connectivity index (χ3n) is 2.77. The van der Waals surface area contributed by atoms with Crippen molar-refractivity contribution in [1.29, 1.82) is 0 Å². The molecular weight excluding hydrogens is 326 g/mol. The van der Waals surface area contributed by atoms with Crippen LogP contribution in [0, 0.1) is 0 Å². The fraction of sp³-hybridized carbons (Fsp3) is 0.385. The maximum absolute atomic E-state index is 12.3. The normalized spacial score (nSPS) is 12.8. The lowest BCUT2D eigenvalue weighted by atomic mass is 10.1. The van der Waals surface area contributed by atoms with Crippen molar-refractivity contribution in [3.63, 3.8) is 0 Å². The number of carbonyl (C=O) groups excluding carboxylic acids is 1. The Morgan fingerprint density at radius 3 is 2.85 bits per heavy atom. The number of nitrogens with one attached hydrogen (secondary N) is 1. The van der Waals surface area contributed by atoms with Gasteiger partial charge in [0.25, 0.3) is 5.91 Å². The molecule has 0 heterocycles. The minimum atomic E-state index is -0.504. The van der Waals surface area contributed by atoms with Gasteiger partial charge in [-0.3, -0.25) is 4.79 Å². The molecule has 0 spiro atoms. The third-order valence-corrected chi connectivity index (χ3v) is 3.46. The second kappa shape index (κ2) is 7.74. The molecule has 0 saturated carbocycles. The number of oxime groups is 1. The van der Waals surface area contributed by atoms with Crippen LogP contribution in [0.4, 0.5) is 0 Å². The molecular formula is C13H18BrN3O3. The zero-order valence-electron chi connectivity index (χ0n) is 11.4. The van der Waals surface area contributed by atoms with E-state index >= 15 is 0 Å². The average Bonchev–Trinajstić information content (AvgIpc) is 2.46. The summed E-state index contributed by atoms with van der Waals surface area (Å²) in [6, 6.07) is 4.59. The van der Waals surface area contributed by atoms with Crippen molar-refractivity contribution in [2.24, 2.45) is 10.9 Å². The van der Waals surface area contributed by atoms with Crippen molar-refractivity contribution >= 4 is 27.7 Å². The van der Waals surface area contributed by atoms with Gasteiger partial charge in [-0.25, -0.2) is 0 Å². The van der Waals surface area contributed by atoms with Crippen molar-refractivity contribution in [2.75, 3.05) is 7.11 Å². The van der Waals surface area contributed by atoms with Gasteiger partial charge in [0.15, 0.2) is 5.84 Å². The van der Waals surface area contributed by atoms with Crippen LogP contribution in [-0.2, 0) is 0 Å². The van der Waals surface area contributed by atoms with Crippen molar-refractivity contribution < 1.29 is 14.7 Å². The summed E-state index contributed by atoms with van der Waals surface area (Å²) < 4.78 is 5.74. The molecule has 0 aliphatic rings. The average molecular weight is 344 g/mol. The van der Waals surface area contributed by atoms with E-state index in [0.29, 0.717) is 22.2 Å². The first kappa shape index (κ1) is 16.3. The summed E-state index contributed by atoms with van der Waals surface area (Å²) in [7, 11) is 1.53. The number of amidine groups is 1. The first-order chi connectivity index (χ1) is 9.53. The standard InChI is InChI=1S/C13H18BrN3O3/c1-3-4-11(12(15)17-19)16-13(18)9-7-8(20-2)5-6-10(9)14/h5-7,11,19H,3-4H2,1-2H3,(H2,15,17)(H,16,18). The lowest BCUT2D eigenvalue weighted by Gasteiger charge is -2.17. The number of benzene rings is 1. The highest BCUT2D eigenvalue weighted by molar-refractivity contribution is 9.10. The summed E-state index contributed by atoms with van der Waals surface area (Å²) in [5.41, 5.74) is 6.00. The van der Waals surface area contributed by atoms with Crippen LogP contribution in [0.15, 0.2) is 27.8 Å². The summed E-state index contributed by atoms with van der Waals surface area (Å²) in [5, 5.41) is 14.4. The van der Waals surface area contributed by atoms with Crippen LogP contribution in [0.2, 0.25) is 0 Å². The Kier molecular flexibility index (Phi) is 6.30. The second-order valence-electron chi connectivity index (χ2n) is 4.19. The van der Waals surface area contributed by atoms with E-state index in [1.165, 1.54) is 7.11 Å². The fourth-order valence-corrected chi connectivity index (χ4v) is 2.12. The van der Waals surface area contributed by atoms with Gasteiger partial charge in [0, 0.05) is 4.47 Å². The molecule has 0 aliphatic heterocycles. The lowest BCUT2D eigenvalue weighted by molar-refractivity contribution is 0.0943. The van der Waals surface area contributed by atoms with E-state index in [0.717, 1.165) is 6.42 Å². The summed E-state index contributed by atoms with van der Waals surface area (Å²) in [6.45, 7) is 1.95. The highest BCUT2D eigenvalue weighted by Gasteiger charge is 2.19. The molecule has 0 radical (unpaired) electrons. The van der Waals surface area contributed by atoms with Gasteiger partial charge in [0.05, 0.1) is 18.7 Å². The van der Waals surface area contributed by atoms with Gasteiger partial charge in [-0.15, -0.1) is 0 Å². The van der Waals surface area contributed by atoms with Crippen molar-refractivity contribution in [3.05, 3.63) is 28.2 Å². The van der Waals surface area contributed by atoms with E-state index in [1.807, 2.05) is 6.92 Å². The Morgan fingerprint density at radius 1 is 1.60 bits per heavy atom. The van der Waals surface area contributed by atoms with Crippen LogP contribution >= 0.6 is 15.9 Å². The van der Waals surface area contributed by atoms with Crippen molar-refractivity contribution in [2.45, 2.75) is 25.8 Å². The molecule has 0 saturated heterocycles. The molecule has 1 unspecified atom stereocenters. The summed E-state index contributed by atoms with van der Waals surface area (Å²) in [5.74, 6) is 0.245. The molecule has 4 N–H and O–H groups in total. The number of nitrogens with zero attached hydrogens (tertiary/aromatic N) is 1. The number of halogens is 1. The quantitative estimate of drug-likeness (QED) is 0.319. The number of nitrogens with two attached hydrogens (primary N) is 1. The summed E-state index contributed by atoms with van der Waals surface area (Å²) >= 11 is 3.32. The van der Waals surface area contributed by atoms with Crippen LogP contribution in [0.1, 0.15) is 30.1 Å². The van der Waals surface area contributed by atoms with Gasteiger partial charge in [0.1, 0.15) is 5.75 Å². The Balaban J connectivity index is 2.94.